The first-order chi connectivity index (χ1) is 8.91. The lowest BCUT2D eigenvalue weighted by molar-refractivity contribution is -0.127. The van der Waals surface area contributed by atoms with Gasteiger partial charge in [-0.15, -0.1) is 0 Å². The molecular formula is C15H28N2O2. The number of hydrogen-bond acceptors (Lipinski definition) is 3. The molecular weight excluding hydrogens is 240 g/mol. The van der Waals surface area contributed by atoms with Crippen LogP contribution < -0.4 is 5.32 Å². The maximum Gasteiger partial charge on any atom is 0.237 e. The Labute approximate surface area is 116 Å². The lowest BCUT2D eigenvalue weighted by Gasteiger charge is -2.29. The first-order valence-corrected chi connectivity index (χ1v) is 7.44. The zero-order chi connectivity index (χ0) is 14.4. The van der Waals surface area contributed by atoms with E-state index in [0.29, 0.717) is 12.3 Å². The monoisotopic (exact) mass is 268 g/mol. The van der Waals surface area contributed by atoms with E-state index in [-0.39, 0.29) is 23.8 Å². The van der Waals surface area contributed by atoms with Gasteiger partial charge in [0.1, 0.15) is 5.78 Å². The Bertz CT molecular complexity index is 315. The van der Waals surface area contributed by atoms with Crippen molar-refractivity contribution < 1.29 is 9.59 Å². The summed E-state index contributed by atoms with van der Waals surface area (Å²) in [4.78, 5) is 25.5. The molecule has 1 amide bonds. The highest BCUT2D eigenvalue weighted by Gasteiger charge is 2.32. The van der Waals surface area contributed by atoms with Crippen molar-refractivity contribution in [2.75, 3.05) is 13.1 Å². The van der Waals surface area contributed by atoms with Crippen molar-refractivity contribution in [1.82, 2.24) is 10.2 Å². The Morgan fingerprint density at radius 3 is 2.58 bits per heavy atom. The van der Waals surface area contributed by atoms with Crippen LogP contribution in [0.25, 0.3) is 0 Å². The Hall–Kier alpha value is -0.900. The number of carbonyl (C=O) groups is 2. The molecule has 0 saturated carbocycles. The minimum atomic E-state index is -0.126. The van der Waals surface area contributed by atoms with Gasteiger partial charge in [0.2, 0.25) is 5.91 Å². The molecule has 1 rings (SSSR count). The Kier molecular flexibility index (Phi) is 6.49. The van der Waals surface area contributed by atoms with Gasteiger partial charge in [-0.25, -0.2) is 0 Å². The van der Waals surface area contributed by atoms with Gasteiger partial charge < -0.3 is 5.32 Å². The molecule has 1 aliphatic rings. The molecule has 2 unspecified atom stereocenters. The molecule has 110 valence electrons. The summed E-state index contributed by atoms with van der Waals surface area (Å²) >= 11 is 0. The quantitative estimate of drug-likeness (QED) is 0.768. The van der Waals surface area contributed by atoms with Gasteiger partial charge in [0.15, 0.2) is 0 Å². The standard InChI is InChI=1S/C15H28N2O2/c1-11(2)7-8-16-15(19)13(4)17-9-5-6-14(17)10-12(3)18/h11,13-14H,5-10H2,1-4H3,(H,16,19). The number of hydrogen-bond donors (Lipinski definition) is 1. The van der Waals surface area contributed by atoms with Gasteiger partial charge in [-0.05, 0) is 45.6 Å². The smallest absolute Gasteiger partial charge is 0.237 e. The van der Waals surface area contributed by atoms with Gasteiger partial charge in [0, 0.05) is 19.0 Å². The van der Waals surface area contributed by atoms with E-state index in [2.05, 4.69) is 24.1 Å². The zero-order valence-electron chi connectivity index (χ0n) is 12.7. The van der Waals surface area contributed by atoms with E-state index in [9.17, 15) is 9.59 Å². The normalized spacial score (nSPS) is 21.6. The molecule has 0 aromatic heterocycles. The van der Waals surface area contributed by atoms with Crippen LogP contribution >= 0.6 is 0 Å². The van der Waals surface area contributed by atoms with Crippen LogP contribution in [0.2, 0.25) is 0 Å². The number of amides is 1. The fraction of sp³-hybridized carbons (Fsp3) is 0.867. The molecule has 1 aliphatic heterocycles. The predicted octanol–water partition coefficient (Wildman–Crippen LogP) is 1.98. The second-order valence-electron chi connectivity index (χ2n) is 6.09. The van der Waals surface area contributed by atoms with Crippen LogP contribution in [0.5, 0.6) is 0 Å². The van der Waals surface area contributed by atoms with Crippen molar-refractivity contribution in [3.8, 4) is 0 Å². The van der Waals surface area contributed by atoms with Crippen LogP contribution in [0.15, 0.2) is 0 Å². The van der Waals surface area contributed by atoms with Crippen LogP contribution in [0.3, 0.4) is 0 Å². The number of Topliss-reactive ketones (excluding diaryl/α,β-unsaturated/α-hetero) is 1. The van der Waals surface area contributed by atoms with Crippen LogP contribution in [-0.4, -0.2) is 41.8 Å². The summed E-state index contributed by atoms with van der Waals surface area (Å²) in [6.07, 6.45) is 3.70. The predicted molar refractivity (Wildman–Crippen MR) is 77.0 cm³/mol. The zero-order valence-corrected chi connectivity index (χ0v) is 12.7. The van der Waals surface area contributed by atoms with Crippen LogP contribution in [0.4, 0.5) is 0 Å². The van der Waals surface area contributed by atoms with Gasteiger partial charge in [-0.3, -0.25) is 14.5 Å². The van der Waals surface area contributed by atoms with E-state index in [1.165, 1.54) is 0 Å². The molecule has 2 atom stereocenters. The van der Waals surface area contributed by atoms with Gasteiger partial charge in [-0.1, -0.05) is 13.8 Å². The van der Waals surface area contributed by atoms with Gasteiger partial charge >= 0.3 is 0 Å². The molecule has 1 N–H and O–H groups in total. The first kappa shape index (κ1) is 16.2. The highest BCUT2D eigenvalue weighted by Crippen LogP contribution is 2.22. The molecule has 4 nitrogen and oxygen atoms in total. The maximum atomic E-state index is 12.1. The fourth-order valence-electron chi connectivity index (χ4n) is 2.70. The summed E-state index contributed by atoms with van der Waals surface area (Å²) < 4.78 is 0. The third-order valence-corrected chi connectivity index (χ3v) is 3.84. The highest BCUT2D eigenvalue weighted by atomic mass is 16.2. The highest BCUT2D eigenvalue weighted by molar-refractivity contribution is 5.81. The molecule has 0 aromatic rings. The lowest BCUT2D eigenvalue weighted by atomic mass is 10.1. The van der Waals surface area contributed by atoms with Gasteiger partial charge in [0.05, 0.1) is 6.04 Å². The molecule has 0 radical (unpaired) electrons. The number of nitrogens with one attached hydrogen (secondary N) is 1. The number of carbonyl (C=O) groups excluding carboxylic acids is 2. The molecule has 0 spiro atoms. The number of rotatable bonds is 7. The third kappa shape index (κ3) is 5.31. The van der Waals surface area contributed by atoms with E-state index >= 15 is 0 Å². The van der Waals surface area contributed by atoms with E-state index in [1.54, 1.807) is 6.92 Å². The molecule has 1 fully saturated rings. The van der Waals surface area contributed by atoms with Gasteiger partial charge in [0.25, 0.3) is 0 Å². The Morgan fingerprint density at radius 2 is 2.00 bits per heavy atom. The van der Waals surface area contributed by atoms with E-state index in [1.807, 2.05) is 6.92 Å². The topological polar surface area (TPSA) is 49.4 Å². The molecule has 1 saturated heterocycles. The van der Waals surface area contributed by atoms with Crippen LogP contribution in [0.1, 0.15) is 53.4 Å². The fourth-order valence-corrected chi connectivity index (χ4v) is 2.70. The summed E-state index contributed by atoms with van der Waals surface area (Å²) in [5.74, 6) is 0.910. The SMILES string of the molecule is CC(=O)CC1CCCN1C(C)C(=O)NCCC(C)C. The van der Waals surface area contributed by atoms with Crippen molar-refractivity contribution in [3.05, 3.63) is 0 Å². The van der Waals surface area contributed by atoms with Crippen LogP contribution in [0, 0.1) is 5.92 Å². The van der Waals surface area contributed by atoms with Crippen molar-refractivity contribution in [3.63, 3.8) is 0 Å². The second kappa shape index (κ2) is 7.63. The second-order valence-corrected chi connectivity index (χ2v) is 6.09. The molecule has 1 heterocycles. The van der Waals surface area contributed by atoms with Gasteiger partial charge in [-0.2, -0.15) is 0 Å². The molecule has 0 bridgehead atoms. The summed E-state index contributed by atoms with van der Waals surface area (Å²) in [7, 11) is 0. The van der Waals surface area contributed by atoms with Crippen molar-refractivity contribution in [1.29, 1.82) is 0 Å². The van der Waals surface area contributed by atoms with E-state index in [4.69, 9.17) is 0 Å². The summed E-state index contributed by atoms with van der Waals surface area (Å²) in [5, 5.41) is 3.00. The van der Waals surface area contributed by atoms with Crippen molar-refractivity contribution in [2.45, 2.75) is 65.5 Å². The number of ketones is 1. The molecule has 0 aliphatic carbocycles. The maximum absolute atomic E-state index is 12.1. The minimum absolute atomic E-state index is 0.0936. The number of nitrogens with zero attached hydrogens (tertiary/aromatic N) is 1. The third-order valence-electron chi connectivity index (χ3n) is 3.84. The minimum Gasteiger partial charge on any atom is -0.355 e. The van der Waals surface area contributed by atoms with Crippen molar-refractivity contribution >= 4 is 11.7 Å². The van der Waals surface area contributed by atoms with Crippen molar-refractivity contribution in [2.24, 2.45) is 5.92 Å². The lowest BCUT2D eigenvalue weighted by Crippen LogP contribution is -2.47. The average Bonchev–Trinajstić information content (AvgIpc) is 2.74. The number of likely N-dealkylation sites (tertiary alicyclic amines) is 1. The average molecular weight is 268 g/mol. The Balaban J connectivity index is 2.44. The van der Waals surface area contributed by atoms with Crippen LogP contribution in [-0.2, 0) is 9.59 Å². The molecule has 4 heteroatoms. The van der Waals surface area contributed by atoms with E-state index in [0.717, 1.165) is 32.4 Å². The summed E-state index contributed by atoms with van der Waals surface area (Å²) in [5.41, 5.74) is 0. The first-order valence-electron chi connectivity index (χ1n) is 7.44. The molecule has 0 aromatic carbocycles. The summed E-state index contributed by atoms with van der Waals surface area (Å²) in [6, 6.07) is 0.127. The largest absolute Gasteiger partial charge is 0.355 e. The Morgan fingerprint density at radius 1 is 1.32 bits per heavy atom. The molecule has 19 heavy (non-hydrogen) atoms. The van der Waals surface area contributed by atoms with E-state index < -0.39 is 0 Å². The summed E-state index contributed by atoms with van der Waals surface area (Å²) in [6.45, 7) is 9.55.